The number of rotatable bonds is 6. The Morgan fingerprint density at radius 2 is 1.98 bits per heavy atom. The Morgan fingerprint density at radius 3 is 2.71 bits per heavy atom. The van der Waals surface area contributed by atoms with Gasteiger partial charge in [-0.3, -0.25) is 9.59 Å². The zero-order chi connectivity index (χ0) is 28.8. The molecule has 1 saturated carbocycles. The van der Waals surface area contributed by atoms with Crippen molar-refractivity contribution in [1.82, 2.24) is 25.1 Å². The van der Waals surface area contributed by atoms with Crippen LogP contribution in [-0.2, 0) is 4.79 Å². The van der Waals surface area contributed by atoms with E-state index in [1.807, 2.05) is 30.6 Å². The summed E-state index contributed by atoms with van der Waals surface area (Å²) in [5.41, 5.74) is 1.67. The number of amides is 2. The molecule has 7 rings (SSSR count). The van der Waals surface area contributed by atoms with Crippen LogP contribution in [0.15, 0.2) is 30.7 Å². The molecule has 1 aliphatic carbocycles. The summed E-state index contributed by atoms with van der Waals surface area (Å²) in [6.45, 7) is 8.65. The van der Waals surface area contributed by atoms with Crippen LogP contribution in [0, 0.1) is 11.7 Å². The first kappa shape index (κ1) is 27.8. The monoisotopic (exact) mass is 567 g/mol. The predicted octanol–water partition coefficient (Wildman–Crippen LogP) is 3.52. The second-order valence-electron chi connectivity index (χ2n) is 12.0. The fourth-order valence-electron chi connectivity index (χ4n) is 7.27. The van der Waals surface area contributed by atoms with E-state index in [9.17, 15) is 18.4 Å². The van der Waals surface area contributed by atoms with Gasteiger partial charge in [-0.25, -0.2) is 18.7 Å². The zero-order valence-corrected chi connectivity index (χ0v) is 24.0. The van der Waals surface area contributed by atoms with Crippen molar-refractivity contribution in [2.24, 2.45) is 5.92 Å². The first-order valence-corrected chi connectivity index (χ1v) is 14.9. The average molecular weight is 568 g/mol. The fraction of sp³-hybridized carbons (Fsp3) is 0.600. The standard InChI is InChI=1S/C30H39F2N7O2/c1-4-37(18(2)3)29(40)23-13-19(31)5-8-25(23)39-12-11-38(28-26(39)15-33-17-34-28)21-9-10-36(16-21)30(41)27-22-7-6-20(35-27)14-24(22)32/h5,8,13,15,17-18,20-22,24,27,35H,4,6-7,9-12,14,16H2,1-3H3/t20?,21-,22+,24-,27-/m0/s1. The van der Waals surface area contributed by atoms with Gasteiger partial charge in [0, 0.05) is 56.8 Å². The number of hydrogen-bond acceptors (Lipinski definition) is 7. The van der Waals surface area contributed by atoms with Gasteiger partial charge in [0.15, 0.2) is 5.82 Å². The molecule has 4 aliphatic heterocycles. The first-order chi connectivity index (χ1) is 19.8. The van der Waals surface area contributed by atoms with Crippen molar-refractivity contribution in [1.29, 1.82) is 0 Å². The second-order valence-corrected chi connectivity index (χ2v) is 12.0. The molecule has 1 unspecified atom stereocenters. The maximum absolute atomic E-state index is 14.6. The van der Waals surface area contributed by atoms with Crippen molar-refractivity contribution in [3.05, 3.63) is 42.1 Å². The summed E-state index contributed by atoms with van der Waals surface area (Å²) in [5, 5.41) is 3.40. The van der Waals surface area contributed by atoms with E-state index in [-0.39, 0.29) is 35.9 Å². The number of piperidine rings is 2. The number of halogens is 2. The maximum atomic E-state index is 14.6. The molecule has 220 valence electrons. The van der Waals surface area contributed by atoms with Crippen molar-refractivity contribution in [3.63, 3.8) is 0 Å². The molecule has 9 nitrogen and oxygen atoms in total. The van der Waals surface area contributed by atoms with Crippen LogP contribution in [0.4, 0.5) is 26.0 Å². The van der Waals surface area contributed by atoms with E-state index in [0.29, 0.717) is 50.4 Å². The predicted molar refractivity (Wildman–Crippen MR) is 153 cm³/mol. The molecule has 5 aliphatic rings. The molecule has 0 spiro atoms. The quantitative estimate of drug-likeness (QED) is 0.572. The molecule has 2 bridgehead atoms. The van der Waals surface area contributed by atoms with Crippen molar-refractivity contribution in [2.45, 2.75) is 76.8 Å². The number of alkyl halides is 1. The number of nitrogens with zero attached hydrogens (tertiary/aromatic N) is 6. The molecule has 2 amide bonds. The minimum Gasteiger partial charge on any atom is -0.348 e. The Balaban J connectivity index is 1.23. The Hall–Kier alpha value is -3.34. The molecule has 1 aromatic heterocycles. The highest BCUT2D eigenvalue weighted by Gasteiger charge is 2.47. The van der Waals surface area contributed by atoms with Crippen LogP contribution in [0.1, 0.15) is 56.8 Å². The van der Waals surface area contributed by atoms with Crippen LogP contribution in [0.5, 0.6) is 0 Å². The highest BCUT2D eigenvalue weighted by Crippen LogP contribution is 2.40. The Labute approximate surface area is 239 Å². The average Bonchev–Trinajstić information content (AvgIpc) is 3.46. The number of aromatic nitrogens is 2. The van der Waals surface area contributed by atoms with E-state index in [0.717, 1.165) is 30.8 Å². The van der Waals surface area contributed by atoms with Gasteiger partial charge in [-0.05, 0) is 64.7 Å². The van der Waals surface area contributed by atoms with Gasteiger partial charge in [0.05, 0.1) is 23.5 Å². The van der Waals surface area contributed by atoms with Gasteiger partial charge < -0.3 is 24.9 Å². The number of carbonyl (C=O) groups is 2. The Kier molecular flexibility index (Phi) is 7.56. The molecule has 5 atom stereocenters. The lowest BCUT2D eigenvalue weighted by atomic mass is 9.74. The number of nitrogens with one attached hydrogen (secondary N) is 1. The third kappa shape index (κ3) is 5.02. The largest absolute Gasteiger partial charge is 0.348 e. The minimum atomic E-state index is -0.910. The number of likely N-dealkylation sites (tertiary alicyclic amines) is 1. The normalized spacial score (nSPS) is 27.4. The van der Waals surface area contributed by atoms with E-state index in [1.165, 1.54) is 18.5 Å². The lowest BCUT2D eigenvalue weighted by Gasteiger charge is -2.45. The van der Waals surface area contributed by atoms with Crippen LogP contribution in [0.25, 0.3) is 0 Å². The fourth-order valence-corrected chi connectivity index (χ4v) is 7.27. The third-order valence-electron chi connectivity index (χ3n) is 9.35. The van der Waals surface area contributed by atoms with E-state index in [1.54, 1.807) is 17.2 Å². The van der Waals surface area contributed by atoms with Crippen LogP contribution in [-0.4, -0.2) is 94.6 Å². The van der Waals surface area contributed by atoms with Gasteiger partial charge in [0.25, 0.3) is 5.91 Å². The molecular formula is C30H39F2N7O2. The molecular weight excluding hydrogens is 528 g/mol. The highest BCUT2D eigenvalue weighted by atomic mass is 19.1. The van der Waals surface area contributed by atoms with Crippen LogP contribution < -0.4 is 15.1 Å². The van der Waals surface area contributed by atoms with Gasteiger partial charge in [-0.1, -0.05) is 0 Å². The molecule has 4 fully saturated rings. The molecule has 0 radical (unpaired) electrons. The summed E-state index contributed by atoms with van der Waals surface area (Å²) in [6.07, 6.45) is 5.32. The molecule has 11 heteroatoms. The summed E-state index contributed by atoms with van der Waals surface area (Å²) in [6, 6.07) is 4.02. The number of fused-ring (bicyclic) bond motifs is 4. The lowest BCUT2D eigenvalue weighted by Crippen LogP contribution is -2.62. The summed E-state index contributed by atoms with van der Waals surface area (Å²) < 4.78 is 29.0. The zero-order valence-electron chi connectivity index (χ0n) is 24.0. The van der Waals surface area contributed by atoms with E-state index in [4.69, 9.17) is 0 Å². The molecule has 2 aromatic rings. The van der Waals surface area contributed by atoms with Crippen molar-refractivity contribution >= 4 is 29.0 Å². The number of anilines is 3. The van der Waals surface area contributed by atoms with Gasteiger partial charge in [0.2, 0.25) is 5.91 Å². The minimum absolute atomic E-state index is 0.00574. The molecule has 41 heavy (non-hydrogen) atoms. The van der Waals surface area contributed by atoms with Crippen LogP contribution in [0.3, 0.4) is 0 Å². The van der Waals surface area contributed by atoms with E-state index < -0.39 is 18.0 Å². The summed E-state index contributed by atoms with van der Waals surface area (Å²) in [4.78, 5) is 43.8. The second kappa shape index (κ2) is 11.2. The SMILES string of the molecule is CCN(C(=O)c1cc(F)ccc1N1CCN([C@H]2CCN(C(=O)[C@H]3NC4CC[C@@H]3[C@@H](F)C4)C2)c2ncncc21)C(C)C. The summed E-state index contributed by atoms with van der Waals surface area (Å²) >= 11 is 0. The highest BCUT2D eigenvalue weighted by molar-refractivity contribution is 6.01. The van der Waals surface area contributed by atoms with Gasteiger partial charge in [0.1, 0.15) is 24.0 Å². The summed E-state index contributed by atoms with van der Waals surface area (Å²) in [5.74, 6) is -0.191. The smallest absolute Gasteiger partial charge is 0.256 e. The van der Waals surface area contributed by atoms with Gasteiger partial charge >= 0.3 is 0 Å². The van der Waals surface area contributed by atoms with Gasteiger partial charge in [-0.2, -0.15) is 0 Å². The van der Waals surface area contributed by atoms with Crippen molar-refractivity contribution in [3.8, 4) is 0 Å². The third-order valence-corrected chi connectivity index (χ3v) is 9.35. The molecule has 1 N–H and O–H groups in total. The van der Waals surface area contributed by atoms with Crippen LogP contribution in [0.2, 0.25) is 0 Å². The van der Waals surface area contributed by atoms with Crippen molar-refractivity contribution in [2.75, 3.05) is 42.5 Å². The summed E-state index contributed by atoms with van der Waals surface area (Å²) in [7, 11) is 0. The molecule has 5 heterocycles. The van der Waals surface area contributed by atoms with Crippen molar-refractivity contribution < 1.29 is 18.4 Å². The topological polar surface area (TPSA) is 84.9 Å². The number of benzene rings is 1. The molecule has 1 aromatic carbocycles. The number of carbonyl (C=O) groups excluding carboxylic acids is 2. The Morgan fingerprint density at radius 1 is 1.15 bits per heavy atom. The van der Waals surface area contributed by atoms with E-state index >= 15 is 0 Å². The lowest BCUT2D eigenvalue weighted by molar-refractivity contribution is -0.137. The first-order valence-electron chi connectivity index (χ1n) is 14.9. The Bertz CT molecular complexity index is 1310. The maximum Gasteiger partial charge on any atom is 0.256 e. The molecule has 3 saturated heterocycles. The number of hydrogen-bond donors (Lipinski definition) is 1. The van der Waals surface area contributed by atoms with Crippen LogP contribution >= 0.6 is 0 Å². The van der Waals surface area contributed by atoms with Gasteiger partial charge in [-0.15, -0.1) is 0 Å². The van der Waals surface area contributed by atoms with E-state index in [2.05, 4.69) is 20.2 Å².